The molecule has 0 bridgehead atoms. The summed E-state index contributed by atoms with van der Waals surface area (Å²) in [5, 5.41) is 9.72. The van der Waals surface area contributed by atoms with Crippen molar-refractivity contribution < 1.29 is 23.9 Å². The molecule has 1 aliphatic rings. The first-order valence-corrected chi connectivity index (χ1v) is 11.7. The van der Waals surface area contributed by atoms with Crippen LogP contribution in [0.2, 0.25) is 0 Å². The fraction of sp³-hybridized carbons (Fsp3) is 0.455. The standard InChI is InChI=1S/C22H26Cl2N4O5/c1-14(15-5-7-17(8-6-15)25-21(30)32-11-9-23)20(29)26-19-13-18(16-3-2-4-16)27-28(19)22(31)33-12-10-24/h5-8,13-14,16H,2-4,9-12H2,1H3,(H,25,30)(H,26,29)/t14-/m0/s1. The predicted octanol–water partition coefficient (Wildman–Crippen LogP) is 4.90. The van der Waals surface area contributed by atoms with Crippen molar-refractivity contribution in [1.82, 2.24) is 9.78 Å². The third kappa shape index (κ3) is 6.61. The minimum Gasteiger partial charge on any atom is -0.448 e. The average molecular weight is 497 g/mol. The molecule has 178 valence electrons. The molecule has 2 N–H and O–H groups in total. The van der Waals surface area contributed by atoms with Crippen LogP contribution < -0.4 is 10.6 Å². The lowest BCUT2D eigenvalue weighted by Gasteiger charge is -2.22. The molecule has 1 aliphatic carbocycles. The highest BCUT2D eigenvalue weighted by Gasteiger charge is 2.27. The Morgan fingerprint density at radius 2 is 1.76 bits per heavy atom. The number of nitrogens with one attached hydrogen (secondary N) is 2. The molecule has 1 aromatic heterocycles. The zero-order valence-corrected chi connectivity index (χ0v) is 19.7. The van der Waals surface area contributed by atoms with Crippen molar-refractivity contribution in [3.8, 4) is 0 Å². The van der Waals surface area contributed by atoms with Crippen molar-refractivity contribution in [3.63, 3.8) is 0 Å². The van der Waals surface area contributed by atoms with Gasteiger partial charge in [-0.2, -0.15) is 5.10 Å². The second kappa shape index (κ2) is 11.9. The van der Waals surface area contributed by atoms with Crippen LogP contribution in [0.15, 0.2) is 30.3 Å². The molecule has 3 rings (SSSR count). The largest absolute Gasteiger partial charge is 0.448 e. The first kappa shape index (κ1) is 24.9. The highest BCUT2D eigenvalue weighted by molar-refractivity contribution is 6.18. The molecule has 2 amide bonds. The summed E-state index contributed by atoms with van der Waals surface area (Å²) in [6, 6.07) is 8.52. The molecule has 0 spiro atoms. The van der Waals surface area contributed by atoms with E-state index in [1.165, 1.54) is 0 Å². The van der Waals surface area contributed by atoms with Gasteiger partial charge < -0.3 is 14.8 Å². The van der Waals surface area contributed by atoms with Crippen LogP contribution in [-0.4, -0.2) is 52.8 Å². The number of amides is 2. The van der Waals surface area contributed by atoms with Gasteiger partial charge in [-0.15, -0.1) is 27.9 Å². The maximum atomic E-state index is 12.9. The molecule has 33 heavy (non-hydrogen) atoms. The van der Waals surface area contributed by atoms with Gasteiger partial charge in [0.15, 0.2) is 0 Å². The normalized spacial score (nSPS) is 14.2. The number of benzene rings is 1. The molecule has 0 radical (unpaired) electrons. The zero-order valence-electron chi connectivity index (χ0n) is 18.2. The number of hydrogen-bond donors (Lipinski definition) is 2. The van der Waals surface area contributed by atoms with E-state index in [1.807, 2.05) is 0 Å². The Labute approximate surface area is 201 Å². The van der Waals surface area contributed by atoms with Crippen molar-refractivity contribution in [2.45, 2.75) is 38.0 Å². The molecule has 9 nitrogen and oxygen atoms in total. The van der Waals surface area contributed by atoms with Gasteiger partial charge in [-0.25, -0.2) is 9.59 Å². The topological polar surface area (TPSA) is 112 Å². The van der Waals surface area contributed by atoms with Gasteiger partial charge in [0.2, 0.25) is 5.91 Å². The molecule has 0 aliphatic heterocycles. The van der Waals surface area contributed by atoms with E-state index in [4.69, 9.17) is 32.7 Å². The number of hydrogen-bond acceptors (Lipinski definition) is 6. The van der Waals surface area contributed by atoms with Crippen LogP contribution >= 0.6 is 23.2 Å². The number of ether oxygens (including phenoxy) is 2. The number of anilines is 2. The summed E-state index contributed by atoms with van der Waals surface area (Å²) < 4.78 is 11.0. The fourth-order valence-corrected chi connectivity index (χ4v) is 3.40. The molecule has 1 atom stereocenters. The van der Waals surface area contributed by atoms with Crippen LogP contribution in [-0.2, 0) is 14.3 Å². The van der Waals surface area contributed by atoms with Gasteiger partial charge in [0, 0.05) is 17.7 Å². The monoisotopic (exact) mass is 496 g/mol. The van der Waals surface area contributed by atoms with E-state index in [0.29, 0.717) is 5.69 Å². The number of rotatable bonds is 9. The van der Waals surface area contributed by atoms with Gasteiger partial charge in [-0.05, 0) is 37.5 Å². The van der Waals surface area contributed by atoms with Crippen molar-refractivity contribution in [3.05, 3.63) is 41.6 Å². The van der Waals surface area contributed by atoms with E-state index in [0.717, 1.165) is 35.2 Å². The van der Waals surface area contributed by atoms with Gasteiger partial charge >= 0.3 is 12.2 Å². The molecular weight excluding hydrogens is 471 g/mol. The molecule has 0 unspecified atom stereocenters. The number of nitrogens with zero attached hydrogens (tertiary/aromatic N) is 2. The minimum absolute atomic E-state index is 0.0442. The maximum Gasteiger partial charge on any atom is 0.436 e. The van der Waals surface area contributed by atoms with Crippen molar-refractivity contribution in [2.75, 3.05) is 35.6 Å². The summed E-state index contributed by atoms with van der Waals surface area (Å²) in [4.78, 5) is 36.9. The van der Waals surface area contributed by atoms with Crippen LogP contribution in [0.3, 0.4) is 0 Å². The lowest BCUT2D eigenvalue weighted by atomic mass is 9.83. The molecule has 11 heteroatoms. The van der Waals surface area contributed by atoms with Crippen molar-refractivity contribution in [1.29, 1.82) is 0 Å². The lowest BCUT2D eigenvalue weighted by Crippen LogP contribution is -2.24. The summed E-state index contributed by atoms with van der Waals surface area (Å²) in [6.45, 7) is 1.90. The fourth-order valence-electron chi connectivity index (χ4n) is 3.24. The summed E-state index contributed by atoms with van der Waals surface area (Å²) >= 11 is 11.1. The second-order valence-electron chi connectivity index (χ2n) is 7.58. The number of carbonyl (C=O) groups excluding carboxylic acids is 3. The zero-order chi connectivity index (χ0) is 23.8. The lowest BCUT2D eigenvalue weighted by molar-refractivity contribution is -0.117. The van der Waals surface area contributed by atoms with Crippen molar-refractivity contribution in [2.24, 2.45) is 0 Å². The summed E-state index contributed by atoms with van der Waals surface area (Å²) in [7, 11) is 0. The molecule has 1 saturated carbocycles. The Hall–Kier alpha value is -2.78. The third-order valence-electron chi connectivity index (χ3n) is 5.34. The van der Waals surface area contributed by atoms with Crippen LogP contribution in [0.1, 0.15) is 49.3 Å². The van der Waals surface area contributed by atoms with Crippen LogP contribution in [0.4, 0.5) is 21.1 Å². The van der Waals surface area contributed by atoms with E-state index in [9.17, 15) is 14.4 Å². The molecule has 1 heterocycles. The number of halogens is 2. The third-order valence-corrected chi connectivity index (χ3v) is 5.65. The molecule has 1 fully saturated rings. The van der Waals surface area contributed by atoms with Gasteiger partial charge in [0.1, 0.15) is 19.0 Å². The summed E-state index contributed by atoms with van der Waals surface area (Å²) in [5.74, 6) is 0.0614. The summed E-state index contributed by atoms with van der Waals surface area (Å²) in [6.07, 6.45) is 1.81. The molecule has 2 aromatic rings. The van der Waals surface area contributed by atoms with E-state index in [1.54, 1.807) is 37.3 Å². The Balaban J connectivity index is 1.67. The van der Waals surface area contributed by atoms with E-state index in [2.05, 4.69) is 15.7 Å². The first-order chi connectivity index (χ1) is 15.9. The van der Waals surface area contributed by atoms with Gasteiger partial charge in [-0.3, -0.25) is 10.1 Å². The average Bonchev–Trinajstić information content (AvgIpc) is 3.17. The van der Waals surface area contributed by atoms with E-state index >= 15 is 0 Å². The number of aromatic nitrogens is 2. The SMILES string of the molecule is C[C@H](C(=O)Nc1cc(C2CCC2)nn1C(=O)OCCCl)c1ccc(NC(=O)OCCCl)cc1. The van der Waals surface area contributed by atoms with Gasteiger partial charge in [-0.1, -0.05) is 18.6 Å². The Morgan fingerprint density at radius 3 is 2.36 bits per heavy atom. The van der Waals surface area contributed by atoms with Crippen molar-refractivity contribution >= 4 is 52.8 Å². The quantitative estimate of drug-likeness (QED) is 0.477. The van der Waals surface area contributed by atoms with Crippen LogP contribution in [0.25, 0.3) is 0 Å². The minimum atomic E-state index is -0.694. The molecular formula is C22H26Cl2N4O5. The Bertz CT molecular complexity index is 976. The van der Waals surface area contributed by atoms with E-state index in [-0.39, 0.29) is 42.6 Å². The maximum absolute atomic E-state index is 12.9. The van der Waals surface area contributed by atoms with Gasteiger partial charge in [0.05, 0.1) is 23.4 Å². The smallest absolute Gasteiger partial charge is 0.436 e. The van der Waals surface area contributed by atoms with Gasteiger partial charge in [0.25, 0.3) is 0 Å². The highest BCUT2D eigenvalue weighted by Crippen LogP contribution is 2.36. The second-order valence-corrected chi connectivity index (χ2v) is 8.34. The van der Waals surface area contributed by atoms with Crippen LogP contribution in [0, 0.1) is 0 Å². The highest BCUT2D eigenvalue weighted by atomic mass is 35.5. The first-order valence-electron chi connectivity index (χ1n) is 10.7. The van der Waals surface area contributed by atoms with E-state index < -0.39 is 18.1 Å². The molecule has 1 aromatic carbocycles. The predicted molar refractivity (Wildman–Crippen MR) is 125 cm³/mol. The summed E-state index contributed by atoms with van der Waals surface area (Å²) in [5.41, 5.74) is 2.00. The van der Waals surface area contributed by atoms with Crippen LogP contribution in [0.5, 0.6) is 0 Å². The Kier molecular flexibility index (Phi) is 8.96. The Morgan fingerprint density at radius 1 is 1.09 bits per heavy atom. The number of alkyl halides is 2. The molecule has 0 saturated heterocycles. The number of carbonyl (C=O) groups is 3.